The van der Waals surface area contributed by atoms with Crippen molar-refractivity contribution in [3.05, 3.63) is 30.7 Å². The van der Waals surface area contributed by atoms with Crippen molar-refractivity contribution >= 4 is 16.7 Å². The molecule has 0 saturated heterocycles. The number of H-pyrrole nitrogens is 1. The molecule has 0 bridgehead atoms. The van der Waals surface area contributed by atoms with Gasteiger partial charge in [0.2, 0.25) is 0 Å². The number of pyridine rings is 1. The van der Waals surface area contributed by atoms with E-state index in [4.69, 9.17) is 5.73 Å². The first-order valence-electron chi connectivity index (χ1n) is 5.54. The summed E-state index contributed by atoms with van der Waals surface area (Å²) in [6.07, 6.45) is 5.56. The van der Waals surface area contributed by atoms with Gasteiger partial charge in [0.05, 0.1) is 23.1 Å². The molecule has 3 N–H and O–H groups in total. The smallest absolute Gasteiger partial charge is 0.112 e. The van der Waals surface area contributed by atoms with Crippen molar-refractivity contribution < 1.29 is 0 Å². The van der Waals surface area contributed by atoms with Crippen molar-refractivity contribution in [2.75, 3.05) is 5.73 Å². The normalized spacial score (nSPS) is 11.1. The minimum Gasteiger partial charge on any atom is -0.396 e. The number of nitrogens with zero attached hydrogens (tertiary/aromatic N) is 3. The molecule has 0 aliphatic carbocycles. The van der Waals surface area contributed by atoms with Gasteiger partial charge in [-0.15, -0.1) is 0 Å². The predicted octanol–water partition coefficient (Wildman–Crippen LogP) is 2.03. The number of nitrogens with one attached hydrogen (secondary N) is 1. The van der Waals surface area contributed by atoms with Crippen LogP contribution in [0.1, 0.15) is 6.92 Å². The maximum atomic E-state index is 5.84. The molecule has 5 heteroatoms. The maximum Gasteiger partial charge on any atom is 0.112 e. The molecular weight excluding hydrogens is 214 g/mol. The maximum absolute atomic E-state index is 5.84. The van der Waals surface area contributed by atoms with Gasteiger partial charge in [0.1, 0.15) is 5.52 Å². The van der Waals surface area contributed by atoms with Crippen LogP contribution in [0, 0.1) is 0 Å². The van der Waals surface area contributed by atoms with Gasteiger partial charge < -0.3 is 10.7 Å². The molecule has 0 spiro atoms. The first kappa shape index (κ1) is 9.89. The predicted molar refractivity (Wildman–Crippen MR) is 67.4 cm³/mol. The summed E-state index contributed by atoms with van der Waals surface area (Å²) >= 11 is 0. The lowest BCUT2D eigenvalue weighted by atomic mass is 10.2. The monoisotopic (exact) mass is 227 g/mol. The summed E-state index contributed by atoms with van der Waals surface area (Å²) < 4.78 is 1.88. The lowest BCUT2D eigenvalue weighted by Crippen LogP contribution is -1.92. The first-order valence-corrected chi connectivity index (χ1v) is 5.54. The number of aromatic nitrogens is 4. The summed E-state index contributed by atoms with van der Waals surface area (Å²) in [4.78, 5) is 7.62. The van der Waals surface area contributed by atoms with Gasteiger partial charge in [-0.25, -0.2) is 4.98 Å². The molecule has 5 nitrogen and oxygen atoms in total. The van der Waals surface area contributed by atoms with Crippen molar-refractivity contribution in [1.82, 2.24) is 19.7 Å². The minimum atomic E-state index is 0.671. The molecule has 0 aromatic carbocycles. The fourth-order valence-corrected chi connectivity index (χ4v) is 1.85. The Labute approximate surface area is 98.3 Å². The zero-order chi connectivity index (χ0) is 11.8. The summed E-state index contributed by atoms with van der Waals surface area (Å²) in [5.41, 5.74) is 10.2. The lowest BCUT2D eigenvalue weighted by molar-refractivity contribution is 0.660. The Kier molecular flexibility index (Phi) is 2.11. The van der Waals surface area contributed by atoms with Crippen molar-refractivity contribution in [1.29, 1.82) is 0 Å². The van der Waals surface area contributed by atoms with Crippen LogP contribution in [0.15, 0.2) is 30.7 Å². The van der Waals surface area contributed by atoms with E-state index in [1.54, 1.807) is 6.20 Å². The topological polar surface area (TPSA) is 72.5 Å². The molecular formula is C12H13N5. The minimum absolute atomic E-state index is 0.671. The average Bonchev–Trinajstić information content (AvgIpc) is 2.96. The summed E-state index contributed by atoms with van der Waals surface area (Å²) in [6, 6.07) is 3.95. The Morgan fingerprint density at radius 2 is 2.29 bits per heavy atom. The van der Waals surface area contributed by atoms with Gasteiger partial charge in [0.15, 0.2) is 0 Å². The second-order valence-electron chi connectivity index (χ2n) is 3.92. The number of aromatic amines is 1. The summed E-state index contributed by atoms with van der Waals surface area (Å²) in [5.74, 6) is 0. The van der Waals surface area contributed by atoms with Gasteiger partial charge in [-0.05, 0) is 19.1 Å². The molecule has 0 unspecified atom stereocenters. The van der Waals surface area contributed by atoms with Gasteiger partial charge in [0.25, 0.3) is 0 Å². The number of fused-ring (bicyclic) bond motifs is 1. The summed E-state index contributed by atoms with van der Waals surface area (Å²) in [6.45, 7) is 2.91. The summed E-state index contributed by atoms with van der Waals surface area (Å²) in [5, 5.41) is 4.24. The highest BCUT2D eigenvalue weighted by molar-refractivity contribution is 5.89. The first-order chi connectivity index (χ1) is 8.28. The van der Waals surface area contributed by atoms with Crippen LogP contribution in [0.3, 0.4) is 0 Å². The number of rotatable bonds is 2. The molecule has 0 aliphatic heterocycles. The highest BCUT2D eigenvalue weighted by atomic mass is 15.3. The van der Waals surface area contributed by atoms with E-state index < -0.39 is 0 Å². The Morgan fingerprint density at radius 3 is 3.06 bits per heavy atom. The standard InChI is InChI=1S/C12H13N5/c1-2-17-7-8(5-15-17)10-3-4-11-12(16-10)9(13)6-14-11/h3-7,14H,2,13H2,1H3. The Hall–Kier alpha value is -2.30. The second kappa shape index (κ2) is 3.62. The SMILES string of the molecule is CCn1cc(-c2ccc3[nH]cc(N)c3n2)cn1. The van der Waals surface area contributed by atoms with Gasteiger partial charge in [0, 0.05) is 24.5 Å². The molecule has 0 fully saturated rings. The van der Waals surface area contributed by atoms with Crippen LogP contribution in [0.2, 0.25) is 0 Å². The Bertz CT molecular complexity index is 664. The average molecular weight is 227 g/mol. The Morgan fingerprint density at radius 1 is 1.41 bits per heavy atom. The van der Waals surface area contributed by atoms with E-state index in [9.17, 15) is 0 Å². The van der Waals surface area contributed by atoms with Gasteiger partial charge in [-0.1, -0.05) is 0 Å². The molecule has 3 heterocycles. The zero-order valence-corrected chi connectivity index (χ0v) is 9.51. The van der Waals surface area contributed by atoms with Crippen LogP contribution >= 0.6 is 0 Å². The highest BCUT2D eigenvalue weighted by Gasteiger charge is 2.06. The number of hydrogen-bond acceptors (Lipinski definition) is 3. The van der Waals surface area contributed by atoms with E-state index in [2.05, 4.69) is 22.0 Å². The van der Waals surface area contributed by atoms with Crippen LogP contribution in [0.5, 0.6) is 0 Å². The van der Waals surface area contributed by atoms with Crippen LogP contribution < -0.4 is 5.73 Å². The molecule has 3 rings (SSSR count). The molecule has 3 aromatic heterocycles. The van der Waals surface area contributed by atoms with E-state index in [-0.39, 0.29) is 0 Å². The number of nitrogen functional groups attached to an aromatic ring is 1. The highest BCUT2D eigenvalue weighted by Crippen LogP contribution is 2.23. The van der Waals surface area contributed by atoms with E-state index in [1.807, 2.05) is 29.2 Å². The molecule has 0 radical (unpaired) electrons. The molecule has 0 saturated carbocycles. The third kappa shape index (κ3) is 1.56. The molecule has 17 heavy (non-hydrogen) atoms. The van der Waals surface area contributed by atoms with Crippen LogP contribution in [-0.4, -0.2) is 19.7 Å². The van der Waals surface area contributed by atoms with E-state index in [1.165, 1.54) is 0 Å². The fraction of sp³-hybridized carbons (Fsp3) is 0.167. The molecule has 86 valence electrons. The molecule has 0 amide bonds. The van der Waals surface area contributed by atoms with Crippen LogP contribution in [-0.2, 0) is 6.54 Å². The lowest BCUT2D eigenvalue weighted by Gasteiger charge is -1.97. The Balaban J connectivity index is 2.13. The molecule has 0 aliphatic rings. The largest absolute Gasteiger partial charge is 0.396 e. The van der Waals surface area contributed by atoms with Crippen molar-refractivity contribution in [2.45, 2.75) is 13.5 Å². The van der Waals surface area contributed by atoms with Gasteiger partial charge in [-0.2, -0.15) is 5.10 Å². The van der Waals surface area contributed by atoms with E-state index >= 15 is 0 Å². The van der Waals surface area contributed by atoms with Crippen LogP contribution in [0.4, 0.5) is 5.69 Å². The quantitative estimate of drug-likeness (QED) is 0.703. The third-order valence-electron chi connectivity index (χ3n) is 2.80. The van der Waals surface area contributed by atoms with Crippen molar-refractivity contribution in [3.8, 4) is 11.3 Å². The number of nitrogens with two attached hydrogens (primary N) is 1. The van der Waals surface area contributed by atoms with Gasteiger partial charge in [-0.3, -0.25) is 4.68 Å². The van der Waals surface area contributed by atoms with E-state index in [0.29, 0.717) is 5.69 Å². The molecule has 0 atom stereocenters. The van der Waals surface area contributed by atoms with Crippen LogP contribution in [0.25, 0.3) is 22.3 Å². The zero-order valence-electron chi connectivity index (χ0n) is 9.51. The number of hydrogen-bond donors (Lipinski definition) is 2. The third-order valence-corrected chi connectivity index (χ3v) is 2.80. The van der Waals surface area contributed by atoms with Crippen molar-refractivity contribution in [3.63, 3.8) is 0 Å². The summed E-state index contributed by atoms with van der Waals surface area (Å²) in [7, 11) is 0. The molecule has 3 aromatic rings. The number of anilines is 1. The second-order valence-corrected chi connectivity index (χ2v) is 3.92. The van der Waals surface area contributed by atoms with Crippen molar-refractivity contribution in [2.24, 2.45) is 0 Å². The van der Waals surface area contributed by atoms with E-state index in [0.717, 1.165) is 28.8 Å². The fourth-order valence-electron chi connectivity index (χ4n) is 1.85. The number of aryl methyl sites for hydroxylation is 1. The van der Waals surface area contributed by atoms with Gasteiger partial charge >= 0.3 is 0 Å².